The van der Waals surface area contributed by atoms with Gasteiger partial charge in [0.1, 0.15) is 6.04 Å². The Labute approximate surface area is 121 Å². The average molecular weight is 276 g/mol. The molecular weight excluding hydrogens is 252 g/mol. The molecule has 0 aromatic heterocycles. The van der Waals surface area contributed by atoms with Gasteiger partial charge in [-0.05, 0) is 24.5 Å². The van der Waals surface area contributed by atoms with Gasteiger partial charge in [-0.25, -0.2) is 0 Å². The summed E-state index contributed by atoms with van der Waals surface area (Å²) < 4.78 is 0. The zero-order chi connectivity index (χ0) is 14.5. The molecule has 110 valence electrons. The van der Waals surface area contributed by atoms with Gasteiger partial charge in [-0.3, -0.25) is 14.6 Å². The molecule has 1 unspecified atom stereocenters. The van der Waals surface area contributed by atoms with Crippen molar-refractivity contribution in [1.29, 1.82) is 0 Å². The monoisotopic (exact) mass is 276 g/mol. The second-order valence-corrected chi connectivity index (χ2v) is 5.50. The molecule has 0 aliphatic carbocycles. The molecule has 1 heterocycles. The van der Waals surface area contributed by atoms with Gasteiger partial charge in [0, 0.05) is 32.7 Å². The first-order valence-electron chi connectivity index (χ1n) is 7.35. The molecule has 1 aromatic rings. The molecule has 0 radical (unpaired) electrons. The van der Waals surface area contributed by atoms with Crippen LogP contribution in [0.4, 0.5) is 0 Å². The van der Waals surface area contributed by atoms with E-state index < -0.39 is 5.97 Å². The first-order chi connectivity index (χ1) is 9.61. The second-order valence-electron chi connectivity index (χ2n) is 5.50. The van der Waals surface area contributed by atoms with E-state index >= 15 is 0 Å². The predicted molar refractivity (Wildman–Crippen MR) is 79.7 cm³/mol. The van der Waals surface area contributed by atoms with E-state index in [1.165, 1.54) is 11.1 Å². The van der Waals surface area contributed by atoms with E-state index in [0.29, 0.717) is 6.42 Å². The van der Waals surface area contributed by atoms with Gasteiger partial charge in [0.05, 0.1) is 0 Å². The summed E-state index contributed by atoms with van der Waals surface area (Å²) in [7, 11) is 0. The Morgan fingerprint density at radius 1 is 1.25 bits per heavy atom. The Hall–Kier alpha value is -1.39. The van der Waals surface area contributed by atoms with Gasteiger partial charge in [-0.1, -0.05) is 31.2 Å². The molecule has 1 aliphatic heterocycles. The molecule has 1 atom stereocenters. The van der Waals surface area contributed by atoms with E-state index in [4.69, 9.17) is 0 Å². The van der Waals surface area contributed by atoms with Crippen LogP contribution in [0.3, 0.4) is 0 Å². The lowest BCUT2D eigenvalue weighted by Crippen LogP contribution is -2.52. The lowest BCUT2D eigenvalue weighted by atomic mass is 10.1. The summed E-state index contributed by atoms with van der Waals surface area (Å²) >= 11 is 0. The summed E-state index contributed by atoms with van der Waals surface area (Å²) in [6, 6.07) is 8.14. The van der Waals surface area contributed by atoms with Crippen LogP contribution in [0.1, 0.15) is 24.5 Å². The highest BCUT2D eigenvalue weighted by Gasteiger charge is 2.27. The fourth-order valence-electron chi connectivity index (χ4n) is 2.85. The third-order valence-corrected chi connectivity index (χ3v) is 4.17. The molecule has 2 rings (SSSR count). The number of hydrogen-bond donors (Lipinski definition) is 1. The maximum absolute atomic E-state index is 11.2. The summed E-state index contributed by atoms with van der Waals surface area (Å²) in [6.45, 7) is 8.62. The van der Waals surface area contributed by atoms with Gasteiger partial charge in [-0.15, -0.1) is 0 Å². The standard InChI is InChI=1S/C16H24N2O2/c1-3-15(16(19)20)18-10-8-17(9-11-18)12-14-7-5-4-6-13(14)2/h4-7,15H,3,8-12H2,1-2H3,(H,19,20). The van der Waals surface area contributed by atoms with Gasteiger partial charge in [-0.2, -0.15) is 0 Å². The van der Waals surface area contributed by atoms with E-state index in [1.54, 1.807) is 0 Å². The SMILES string of the molecule is CCC(C(=O)O)N1CCN(Cc2ccccc2C)CC1. The highest BCUT2D eigenvalue weighted by atomic mass is 16.4. The highest BCUT2D eigenvalue weighted by molar-refractivity contribution is 5.73. The maximum atomic E-state index is 11.2. The first kappa shape index (κ1) is 15.0. The van der Waals surface area contributed by atoms with Crippen LogP contribution < -0.4 is 0 Å². The van der Waals surface area contributed by atoms with Crippen molar-refractivity contribution < 1.29 is 9.90 Å². The normalized spacial score (nSPS) is 18.9. The third kappa shape index (κ3) is 3.58. The van der Waals surface area contributed by atoms with E-state index in [0.717, 1.165) is 32.7 Å². The number of carboxylic acids is 1. The van der Waals surface area contributed by atoms with Crippen molar-refractivity contribution in [2.45, 2.75) is 32.9 Å². The van der Waals surface area contributed by atoms with Crippen LogP contribution >= 0.6 is 0 Å². The van der Waals surface area contributed by atoms with Crippen molar-refractivity contribution in [2.75, 3.05) is 26.2 Å². The molecule has 1 fully saturated rings. The molecule has 1 aromatic carbocycles. The predicted octanol–water partition coefficient (Wildman–Crippen LogP) is 1.98. The largest absolute Gasteiger partial charge is 0.480 e. The number of nitrogens with zero attached hydrogens (tertiary/aromatic N) is 2. The third-order valence-electron chi connectivity index (χ3n) is 4.17. The minimum Gasteiger partial charge on any atom is -0.480 e. The summed E-state index contributed by atoms with van der Waals surface area (Å²) in [5.74, 6) is -0.695. The Morgan fingerprint density at radius 2 is 1.90 bits per heavy atom. The molecule has 0 bridgehead atoms. The lowest BCUT2D eigenvalue weighted by Gasteiger charge is -2.37. The number of aliphatic carboxylic acids is 1. The number of carboxylic acid groups (broad SMARTS) is 1. The van der Waals surface area contributed by atoms with Gasteiger partial charge < -0.3 is 5.11 Å². The zero-order valence-electron chi connectivity index (χ0n) is 12.4. The topological polar surface area (TPSA) is 43.8 Å². The van der Waals surface area contributed by atoms with Crippen molar-refractivity contribution in [1.82, 2.24) is 9.80 Å². The molecular formula is C16H24N2O2. The van der Waals surface area contributed by atoms with E-state index in [2.05, 4.69) is 41.0 Å². The number of aryl methyl sites for hydroxylation is 1. The zero-order valence-corrected chi connectivity index (χ0v) is 12.4. The van der Waals surface area contributed by atoms with Crippen molar-refractivity contribution in [3.05, 3.63) is 35.4 Å². The number of rotatable bonds is 5. The molecule has 0 saturated carbocycles. The van der Waals surface area contributed by atoms with Crippen LogP contribution in [0.2, 0.25) is 0 Å². The summed E-state index contributed by atoms with van der Waals surface area (Å²) in [5.41, 5.74) is 2.69. The van der Waals surface area contributed by atoms with Crippen LogP contribution in [0.15, 0.2) is 24.3 Å². The first-order valence-corrected chi connectivity index (χ1v) is 7.35. The van der Waals surface area contributed by atoms with Crippen LogP contribution in [0, 0.1) is 6.92 Å². The Bertz CT molecular complexity index is 454. The smallest absolute Gasteiger partial charge is 0.320 e. The maximum Gasteiger partial charge on any atom is 0.320 e. The number of carbonyl (C=O) groups is 1. The Morgan fingerprint density at radius 3 is 2.45 bits per heavy atom. The summed E-state index contributed by atoms with van der Waals surface area (Å²) in [5, 5.41) is 9.21. The number of piperazine rings is 1. The molecule has 4 nitrogen and oxygen atoms in total. The minimum absolute atomic E-state index is 0.324. The quantitative estimate of drug-likeness (QED) is 0.893. The Balaban J connectivity index is 1.88. The summed E-state index contributed by atoms with van der Waals surface area (Å²) in [4.78, 5) is 15.7. The van der Waals surface area contributed by atoms with Crippen LogP contribution in [0.25, 0.3) is 0 Å². The molecule has 1 aliphatic rings. The Kier molecular flexibility index (Phi) is 5.15. The van der Waals surface area contributed by atoms with E-state index in [9.17, 15) is 9.90 Å². The molecule has 4 heteroatoms. The van der Waals surface area contributed by atoms with E-state index in [-0.39, 0.29) is 6.04 Å². The van der Waals surface area contributed by atoms with Crippen molar-refractivity contribution in [2.24, 2.45) is 0 Å². The van der Waals surface area contributed by atoms with E-state index in [1.807, 2.05) is 6.92 Å². The fraction of sp³-hybridized carbons (Fsp3) is 0.562. The number of benzene rings is 1. The average Bonchev–Trinajstić information content (AvgIpc) is 2.43. The summed E-state index contributed by atoms with van der Waals surface area (Å²) in [6.07, 6.45) is 0.674. The number of hydrogen-bond acceptors (Lipinski definition) is 3. The van der Waals surface area contributed by atoms with Crippen LogP contribution in [-0.4, -0.2) is 53.1 Å². The second kappa shape index (κ2) is 6.86. The minimum atomic E-state index is -0.695. The molecule has 20 heavy (non-hydrogen) atoms. The molecule has 0 spiro atoms. The van der Waals surface area contributed by atoms with Crippen molar-refractivity contribution in [3.8, 4) is 0 Å². The molecule has 0 amide bonds. The van der Waals surface area contributed by atoms with Gasteiger partial charge >= 0.3 is 5.97 Å². The van der Waals surface area contributed by atoms with Crippen LogP contribution in [-0.2, 0) is 11.3 Å². The fourth-order valence-corrected chi connectivity index (χ4v) is 2.85. The molecule has 1 N–H and O–H groups in total. The van der Waals surface area contributed by atoms with Gasteiger partial charge in [0.2, 0.25) is 0 Å². The molecule has 1 saturated heterocycles. The van der Waals surface area contributed by atoms with Gasteiger partial charge in [0.25, 0.3) is 0 Å². The highest BCUT2D eigenvalue weighted by Crippen LogP contribution is 2.14. The van der Waals surface area contributed by atoms with Crippen molar-refractivity contribution >= 4 is 5.97 Å². The van der Waals surface area contributed by atoms with Gasteiger partial charge in [0.15, 0.2) is 0 Å². The lowest BCUT2D eigenvalue weighted by molar-refractivity contribution is -0.144. The van der Waals surface area contributed by atoms with Crippen molar-refractivity contribution in [3.63, 3.8) is 0 Å². The van der Waals surface area contributed by atoms with Crippen LogP contribution in [0.5, 0.6) is 0 Å².